The second-order valence-electron chi connectivity index (χ2n) is 6.85. The molecule has 0 aliphatic carbocycles. The number of amides is 1. The number of nitrogens with one attached hydrogen (secondary N) is 1. The zero-order valence-corrected chi connectivity index (χ0v) is 18.3. The van der Waals surface area contributed by atoms with Gasteiger partial charge in [0.1, 0.15) is 5.75 Å². The van der Waals surface area contributed by atoms with Crippen LogP contribution in [0.2, 0.25) is 0 Å². The fourth-order valence-corrected chi connectivity index (χ4v) is 5.03. The van der Waals surface area contributed by atoms with Gasteiger partial charge in [0, 0.05) is 26.6 Å². The van der Waals surface area contributed by atoms with Crippen molar-refractivity contribution in [3.8, 4) is 5.75 Å². The molecule has 2 aromatic carbocycles. The van der Waals surface area contributed by atoms with Crippen molar-refractivity contribution in [2.45, 2.75) is 17.9 Å². The lowest BCUT2D eigenvalue weighted by Gasteiger charge is -2.39. The van der Waals surface area contributed by atoms with Gasteiger partial charge in [-0.2, -0.15) is 4.31 Å². The Kier molecular flexibility index (Phi) is 7.65. The van der Waals surface area contributed by atoms with E-state index in [4.69, 9.17) is 4.74 Å². The Morgan fingerprint density at radius 3 is 2.45 bits per heavy atom. The van der Waals surface area contributed by atoms with Gasteiger partial charge >= 0.3 is 0 Å². The Morgan fingerprint density at radius 1 is 1.14 bits per heavy atom. The third kappa shape index (κ3) is 5.08. The highest BCUT2D eigenvalue weighted by Gasteiger charge is 2.36. The van der Waals surface area contributed by atoms with E-state index >= 15 is 0 Å². The lowest BCUT2D eigenvalue weighted by Crippen LogP contribution is -2.49. The monoisotopic (exact) mass is 439 g/mol. The molecule has 2 aromatic rings. The first-order valence-electron chi connectivity index (χ1n) is 9.04. The van der Waals surface area contributed by atoms with Gasteiger partial charge in [-0.25, -0.2) is 8.42 Å². The molecule has 1 amide bonds. The van der Waals surface area contributed by atoms with E-state index in [9.17, 15) is 13.2 Å². The number of carbonyl (C=O) groups is 1. The van der Waals surface area contributed by atoms with Crippen molar-refractivity contribution in [1.29, 1.82) is 0 Å². The van der Waals surface area contributed by atoms with Gasteiger partial charge in [-0.1, -0.05) is 30.3 Å². The van der Waals surface area contributed by atoms with Crippen molar-refractivity contribution in [3.63, 3.8) is 0 Å². The van der Waals surface area contributed by atoms with Gasteiger partial charge in [0.15, 0.2) is 0 Å². The van der Waals surface area contributed by atoms with Gasteiger partial charge in [-0.05, 0) is 30.8 Å². The van der Waals surface area contributed by atoms with Crippen molar-refractivity contribution >= 4 is 34.0 Å². The summed E-state index contributed by atoms with van der Waals surface area (Å²) in [5.41, 5.74) is 1.29. The zero-order valence-electron chi connectivity index (χ0n) is 16.7. The number of nitrogens with zero attached hydrogens (tertiary/aromatic N) is 2. The fraction of sp³-hybridized carbons (Fsp3) is 0.350. The van der Waals surface area contributed by atoms with Crippen LogP contribution in [-0.2, 0) is 14.8 Å². The van der Waals surface area contributed by atoms with Crippen LogP contribution in [0.4, 0.5) is 5.69 Å². The Labute approximate surface area is 178 Å². The molecule has 0 saturated carbocycles. The predicted octanol–water partition coefficient (Wildman–Crippen LogP) is 2.75. The summed E-state index contributed by atoms with van der Waals surface area (Å²) in [6, 6.07) is 13.9. The quantitative estimate of drug-likeness (QED) is 0.774. The molecule has 1 saturated heterocycles. The lowest BCUT2D eigenvalue weighted by molar-refractivity contribution is -0.114. The highest BCUT2D eigenvalue weighted by Crippen LogP contribution is 2.34. The standard InChI is InChI=1S/C20H25N3O4S.ClH/c1-15(24)21-18-13-17(9-10-20(18)27-3)28(25,26)23-12-11-22(2)14-19(23)16-7-5-4-6-8-16;/h4-10,13,19H,11-12,14H2,1-3H3,(H,21,24);1H. The van der Waals surface area contributed by atoms with Crippen LogP contribution in [-0.4, -0.2) is 57.3 Å². The first-order chi connectivity index (χ1) is 13.3. The van der Waals surface area contributed by atoms with Gasteiger partial charge < -0.3 is 15.0 Å². The number of hydrogen-bond donors (Lipinski definition) is 1. The molecular formula is C20H26ClN3O4S. The maximum atomic E-state index is 13.5. The summed E-state index contributed by atoms with van der Waals surface area (Å²) in [5, 5.41) is 2.63. The minimum Gasteiger partial charge on any atom is -0.495 e. The average molecular weight is 440 g/mol. The smallest absolute Gasteiger partial charge is 0.243 e. The third-order valence-corrected chi connectivity index (χ3v) is 6.71. The molecule has 0 bridgehead atoms. The number of hydrogen-bond acceptors (Lipinski definition) is 5. The minimum atomic E-state index is -3.77. The van der Waals surface area contributed by atoms with E-state index in [0.717, 1.165) is 5.56 Å². The number of carbonyl (C=O) groups excluding carboxylic acids is 1. The molecule has 0 aromatic heterocycles. The molecule has 1 atom stereocenters. The lowest BCUT2D eigenvalue weighted by atomic mass is 10.1. The predicted molar refractivity (Wildman–Crippen MR) is 115 cm³/mol. The number of ether oxygens (including phenoxy) is 1. The molecule has 158 valence electrons. The van der Waals surface area contributed by atoms with E-state index in [1.165, 1.54) is 26.2 Å². The van der Waals surface area contributed by atoms with Crippen LogP contribution < -0.4 is 10.1 Å². The Balaban J connectivity index is 0.00000300. The maximum absolute atomic E-state index is 13.5. The summed E-state index contributed by atoms with van der Waals surface area (Å²) in [4.78, 5) is 13.7. The SMILES string of the molecule is COc1ccc(S(=O)(=O)N2CCN(C)CC2c2ccccc2)cc1NC(C)=O.Cl. The van der Waals surface area contributed by atoms with Crippen LogP contribution in [0.15, 0.2) is 53.4 Å². The van der Waals surface area contributed by atoms with Crippen molar-refractivity contribution in [3.05, 3.63) is 54.1 Å². The number of likely N-dealkylation sites (N-methyl/N-ethyl adjacent to an activating group) is 1. The number of benzene rings is 2. The van der Waals surface area contributed by atoms with E-state index in [2.05, 4.69) is 10.2 Å². The number of rotatable bonds is 5. The summed E-state index contributed by atoms with van der Waals surface area (Å²) < 4.78 is 33.7. The Hall–Kier alpha value is -2.13. The molecular weight excluding hydrogens is 414 g/mol. The molecule has 9 heteroatoms. The highest BCUT2D eigenvalue weighted by atomic mass is 35.5. The van der Waals surface area contributed by atoms with Crippen molar-refractivity contribution < 1.29 is 17.9 Å². The van der Waals surface area contributed by atoms with E-state index in [1.807, 2.05) is 37.4 Å². The van der Waals surface area contributed by atoms with Crippen LogP contribution in [0, 0.1) is 0 Å². The van der Waals surface area contributed by atoms with Crippen molar-refractivity contribution in [2.75, 3.05) is 39.1 Å². The molecule has 1 fully saturated rings. The molecule has 1 aliphatic heterocycles. The fourth-order valence-electron chi connectivity index (χ4n) is 3.41. The molecule has 29 heavy (non-hydrogen) atoms. The van der Waals surface area contributed by atoms with Crippen molar-refractivity contribution in [2.24, 2.45) is 0 Å². The van der Waals surface area contributed by atoms with E-state index < -0.39 is 10.0 Å². The van der Waals surface area contributed by atoms with Crippen LogP contribution in [0.5, 0.6) is 5.75 Å². The molecule has 0 spiro atoms. The summed E-state index contributed by atoms with van der Waals surface area (Å²) in [7, 11) is -0.305. The number of halogens is 1. The van der Waals surface area contributed by atoms with E-state index in [-0.39, 0.29) is 29.3 Å². The summed E-state index contributed by atoms with van der Waals surface area (Å²) in [6.45, 7) is 3.02. The van der Waals surface area contributed by atoms with Crippen LogP contribution in [0.1, 0.15) is 18.5 Å². The van der Waals surface area contributed by atoms with Crippen LogP contribution >= 0.6 is 12.4 Å². The molecule has 1 heterocycles. The van der Waals surface area contributed by atoms with Crippen LogP contribution in [0.25, 0.3) is 0 Å². The van der Waals surface area contributed by atoms with Gasteiger partial charge in [0.05, 0.1) is 23.7 Å². The second kappa shape index (κ2) is 9.58. The molecule has 1 N–H and O–H groups in total. The Morgan fingerprint density at radius 2 is 1.83 bits per heavy atom. The normalized spacial score (nSPS) is 18.0. The first kappa shape index (κ1) is 23.2. The van der Waals surface area contributed by atoms with Gasteiger partial charge in [-0.3, -0.25) is 4.79 Å². The number of methoxy groups -OCH3 is 1. The first-order valence-corrected chi connectivity index (χ1v) is 10.5. The minimum absolute atomic E-state index is 0. The third-order valence-electron chi connectivity index (χ3n) is 4.81. The molecule has 7 nitrogen and oxygen atoms in total. The average Bonchev–Trinajstić information content (AvgIpc) is 2.68. The number of anilines is 1. The van der Waals surface area contributed by atoms with Gasteiger partial charge in [0.25, 0.3) is 0 Å². The van der Waals surface area contributed by atoms with Gasteiger partial charge in [-0.15, -0.1) is 12.4 Å². The number of sulfonamides is 1. The second-order valence-corrected chi connectivity index (χ2v) is 8.74. The molecule has 1 aliphatic rings. The maximum Gasteiger partial charge on any atom is 0.243 e. The van der Waals surface area contributed by atoms with Crippen molar-refractivity contribution in [1.82, 2.24) is 9.21 Å². The molecule has 0 radical (unpaired) electrons. The summed E-state index contributed by atoms with van der Waals surface area (Å²) in [6.07, 6.45) is 0. The summed E-state index contributed by atoms with van der Waals surface area (Å²) in [5.74, 6) is 0.113. The van der Waals surface area contributed by atoms with Crippen LogP contribution in [0.3, 0.4) is 0 Å². The number of piperazine rings is 1. The molecule has 1 unspecified atom stereocenters. The summed E-state index contributed by atoms with van der Waals surface area (Å²) >= 11 is 0. The van der Waals surface area contributed by atoms with Gasteiger partial charge in [0.2, 0.25) is 15.9 Å². The molecule has 3 rings (SSSR count). The van der Waals surface area contributed by atoms with E-state index in [1.54, 1.807) is 10.4 Å². The zero-order chi connectivity index (χ0) is 20.3. The van der Waals surface area contributed by atoms with E-state index in [0.29, 0.717) is 31.1 Å². The highest BCUT2D eigenvalue weighted by molar-refractivity contribution is 7.89. The Bertz CT molecular complexity index is 953. The largest absolute Gasteiger partial charge is 0.495 e. The topological polar surface area (TPSA) is 79.0 Å².